The van der Waals surface area contributed by atoms with Crippen molar-refractivity contribution < 1.29 is 9.90 Å². The van der Waals surface area contributed by atoms with Crippen molar-refractivity contribution in [1.82, 2.24) is 4.90 Å². The van der Waals surface area contributed by atoms with Crippen LogP contribution in [0.2, 0.25) is 0 Å². The standard InChI is InChI=1S/C12H22N2O2/c13-12(16)8-9-4-6-14(7-5-9)10-2-1-3-11(10)15/h9-11,15H,1-8H2,(H2,13,16)/t10-,11-/m0/s1. The van der Waals surface area contributed by atoms with Crippen molar-refractivity contribution in [3.8, 4) is 0 Å². The summed E-state index contributed by atoms with van der Waals surface area (Å²) in [6, 6.07) is 0.370. The molecule has 2 atom stereocenters. The number of nitrogens with two attached hydrogens (primary N) is 1. The minimum atomic E-state index is -0.181. The monoisotopic (exact) mass is 226 g/mol. The van der Waals surface area contributed by atoms with Crippen molar-refractivity contribution >= 4 is 5.91 Å². The lowest BCUT2D eigenvalue weighted by molar-refractivity contribution is -0.119. The van der Waals surface area contributed by atoms with Crippen molar-refractivity contribution in [3.05, 3.63) is 0 Å². The molecular formula is C12H22N2O2. The van der Waals surface area contributed by atoms with Gasteiger partial charge in [0.2, 0.25) is 5.91 Å². The number of piperidine rings is 1. The van der Waals surface area contributed by atoms with Gasteiger partial charge in [-0.3, -0.25) is 9.69 Å². The highest BCUT2D eigenvalue weighted by Gasteiger charge is 2.32. The van der Waals surface area contributed by atoms with Crippen LogP contribution in [0.4, 0.5) is 0 Å². The number of rotatable bonds is 3. The lowest BCUT2D eigenvalue weighted by atomic mass is 9.92. The predicted octanol–water partition coefficient (Wildman–Crippen LogP) is 0.487. The maximum atomic E-state index is 10.8. The molecule has 1 aliphatic heterocycles. The van der Waals surface area contributed by atoms with Gasteiger partial charge in [-0.2, -0.15) is 0 Å². The molecule has 2 aliphatic rings. The second-order valence-corrected chi connectivity index (χ2v) is 5.22. The van der Waals surface area contributed by atoms with Crippen LogP contribution in [0.1, 0.15) is 38.5 Å². The second-order valence-electron chi connectivity index (χ2n) is 5.22. The topological polar surface area (TPSA) is 66.6 Å². The number of carbonyl (C=O) groups excluding carboxylic acids is 1. The molecule has 3 N–H and O–H groups in total. The molecule has 0 aromatic carbocycles. The third-order valence-corrected chi connectivity index (χ3v) is 4.05. The summed E-state index contributed by atoms with van der Waals surface area (Å²) in [5, 5.41) is 9.84. The third kappa shape index (κ3) is 2.74. The van der Waals surface area contributed by atoms with Crippen LogP contribution in [0.3, 0.4) is 0 Å². The molecule has 16 heavy (non-hydrogen) atoms. The lowest BCUT2D eigenvalue weighted by Gasteiger charge is -2.37. The molecule has 0 bridgehead atoms. The van der Waals surface area contributed by atoms with E-state index < -0.39 is 0 Å². The Kier molecular flexibility index (Phi) is 3.82. The van der Waals surface area contributed by atoms with Gasteiger partial charge < -0.3 is 10.8 Å². The molecular weight excluding hydrogens is 204 g/mol. The summed E-state index contributed by atoms with van der Waals surface area (Å²) in [6.45, 7) is 2.03. The molecule has 0 aromatic rings. The molecule has 0 unspecified atom stereocenters. The zero-order valence-electron chi connectivity index (χ0n) is 9.77. The Hall–Kier alpha value is -0.610. The first-order chi connectivity index (χ1) is 7.66. The first-order valence-electron chi connectivity index (χ1n) is 6.37. The van der Waals surface area contributed by atoms with Gasteiger partial charge in [-0.1, -0.05) is 0 Å². The van der Waals surface area contributed by atoms with Crippen LogP contribution in [0.5, 0.6) is 0 Å². The highest BCUT2D eigenvalue weighted by Crippen LogP contribution is 2.29. The van der Waals surface area contributed by atoms with E-state index in [0.717, 1.165) is 45.2 Å². The second kappa shape index (κ2) is 5.15. The van der Waals surface area contributed by atoms with Gasteiger partial charge in [-0.25, -0.2) is 0 Å². The van der Waals surface area contributed by atoms with E-state index in [2.05, 4.69) is 4.90 Å². The van der Waals surface area contributed by atoms with E-state index >= 15 is 0 Å². The number of nitrogens with zero attached hydrogens (tertiary/aromatic N) is 1. The normalized spacial score (nSPS) is 33.1. The molecule has 0 aromatic heterocycles. The molecule has 1 saturated carbocycles. The summed E-state index contributed by atoms with van der Waals surface area (Å²) in [5.41, 5.74) is 5.21. The van der Waals surface area contributed by atoms with Crippen LogP contribution < -0.4 is 5.73 Å². The first kappa shape index (κ1) is 11.9. The zero-order chi connectivity index (χ0) is 11.5. The zero-order valence-corrected chi connectivity index (χ0v) is 9.77. The highest BCUT2D eigenvalue weighted by molar-refractivity contribution is 5.73. The minimum absolute atomic E-state index is 0.132. The van der Waals surface area contributed by atoms with Crippen LogP contribution in [0.15, 0.2) is 0 Å². The van der Waals surface area contributed by atoms with Crippen LogP contribution >= 0.6 is 0 Å². The summed E-state index contributed by atoms with van der Waals surface area (Å²) in [5.74, 6) is 0.284. The summed E-state index contributed by atoms with van der Waals surface area (Å²) < 4.78 is 0. The Labute approximate surface area is 96.8 Å². The van der Waals surface area contributed by atoms with Crippen molar-refractivity contribution in [1.29, 1.82) is 0 Å². The van der Waals surface area contributed by atoms with Crippen molar-refractivity contribution in [2.75, 3.05) is 13.1 Å². The van der Waals surface area contributed by atoms with Gasteiger partial charge >= 0.3 is 0 Å². The molecule has 1 aliphatic carbocycles. The summed E-state index contributed by atoms with van der Waals surface area (Å²) >= 11 is 0. The van der Waals surface area contributed by atoms with Gasteiger partial charge in [0.05, 0.1) is 6.10 Å². The van der Waals surface area contributed by atoms with Gasteiger partial charge in [0.15, 0.2) is 0 Å². The minimum Gasteiger partial charge on any atom is -0.391 e. The Morgan fingerprint density at radius 3 is 2.44 bits per heavy atom. The molecule has 92 valence electrons. The Bertz CT molecular complexity index is 249. The van der Waals surface area contributed by atoms with E-state index in [9.17, 15) is 9.90 Å². The van der Waals surface area contributed by atoms with E-state index in [1.54, 1.807) is 0 Å². The fraction of sp³-hybridized carbons (Fsp3) is 0.917. The number of likely N-dealkylation sites (tertiary alicyclic amines) is 1. The van der Waals surface area contributed by atoms with E-state index in [1.165, 1.54) is 0 Å². The Morgan fingerprint density at radius 1 is 1.25 bits per heavy atom. The molecule has 2 fully saturated rings. The smallest absolute Gasteiger partial charge is 0.217 e. The number of hydrogen-bond acceptors (Lipinski definition) is 3. The average Bonchev–Trinajstić information content (AvgIpc) is 2.65. The highest BCUT2D eigenvalue weighted by atomic mass is 16.3. The van der Waals surface area contributed by atoms with Gasteiger partial charge in [-0.05, 0) is 51.1 Å². The summed E-state index contributed by atoms with van der Waals surface area (Å²) in [6.07, 6.45) is 5.72. The molecule has 0 radical (unpaired) electrons. The quantitative estimate of drug-likeness (QED) is 0.736. The van der Waals surface area contributed by atoms with E-state index in [0.29, 0.717) is 18.4 Å². The van der Waals surface area contributed by atoms with Crippen LogP contribution in [-0.2, 0) is 4.79 Å². The molecule has 1 amide bonds. The number of hydrogen-bond donors (Lipinski definition) is 2. The van der Waals surface area contributed by atoms with Gasteiger partial charge in [0.25, 0.3) is 0 Å². The number of aliphatic hydroxyl groups is 1. The van der Waals surface area contributed by atoms with E-state index in [4.69, 9.17) is 5.73 Å². The number of aliphatic hydroxyl groups excluding tert-OH is 1. The average molecular weight is 226 g/mol. The first-order valence-corrected chi connectivity index (χ1v) is 6.37. The van der Waals surface area contributed by atoms with Crippen molar-refractivity contribution in [2.24, 2.45) is 11.7 Å². The largest absolute Gasteiger partial charge is 0.391 e. The van der Waals surface area contributed by atoms with E-state index in [-0.39, 0.29) is 12.0 Å². The maximum absolute atomic E-state index is 10.8. The Balaban J connectivity index is 1.78. The fourth-order valence-corrected chi connectivity index (χ4v) is 3.12. The number of carbonyl (C=O) groups is 1. The number of primary amides is 1. The lowest BCUT2D eigenvalue weighted by Crippen LogP contribution is -2.45. The summed E-state index contributed by atoms with van der Waals surface area (Å²) in [4.78, 5) is 13.2. The van der Waals surface area contributed by atoms with Gasteiger partial charge in [0, 0.05) is 12.5 Å². The van der Waals surface area contributed by atoms with Crippen molar-refractivity contribution in [2.45, 2.75) is 50.7 Å². The van der Waals surface area contributed by atoms with Crippen LogP contribution in [0.25, 0.3) is 0 Å². The Morgan fingerprint density at radius 2 is 1.94 bits per heavy atom. The fourth-order valence-electron chi connectivity index (χ4n) is 3.12. The SMILES string of the molecule is NC(=O)CC1CCN([C@H]2CCC[C@@H]2O)CC1. The van der Waals surface area contributed by atoms with Crippen LogP contribution in [0, 0.1) is 5.92 Å². The molecule has 4 nitrogen and oxygen atoms in total. The predicted molar refractivity (Wildman–Crippen MR) is 61.8 cm³/mol. The molecule has 4 heteroatoms. The maximum Gasteiger partial charge on any atom is 0.217 e. The summed E-state index contributed by atoms with van der Waals surface area (Å²) in [7, 11) is 0. The third-order valence-electron chi connectivity index (χ3n) is 4.05. The van der Waals surface area contributed by atoms with E-state index in [1.807, 2.05) is 0 Å². The molecule has 2 rings (SSSR count). The molecule has 1 saturated heterocycles. The van der Waals surface area contributed by atoms with Gasteiger partial charge in [-0.15, -0.1) is 0 Å². The van der Waals surface area contributed by atoms with Gasteiger partial charge in [0.1, 0.15) is 0 Å². The number of amides is 1. The molecule has 0 spiro atoms. The molecule has 1 heterocycles. The van der Waals surface area contributed by atoms with Crippen molar-refractivity contribution in [3.63, 3.8) is 0 Å². The van der Waals surface area contributed by atoms with Crippen LogP contribution in [-0.4, -0.2) is 41.1 Å².